The first kappa shape index (κ1) is 18.5. The van der Waals surface area contributed by atoms with Crippen molar-refractivity contribution in [2.75, 3.05) is 32.8 Å². The molecule has 5 nitrogen and oxygen atoms in total. The molecule has 3 rings (SSSR count). The molecule has 1 fully saturated rings. The molecule has 2 heterocycles. The second-order valence-corrected chi connectivity index (χ2v) is 6.79. The lowest BCUT2D eigenvalue weighted by atomic mass is 10.00. The van der Waals surface area contributed by atoms with Crippen LogP contribution in [0.3, 0.4) is 0 Å². The Labute approximate surface area is 155 Å². The van der Waals surface area contributed by atoms with Crippen molar-refractivity contribution in [1.82, 2.24) is 15.2 Å². The summed E-state index contributed by atoms with van der Waals surface area (Å²) < 4.78 is 5.47. The Hall–Kier alpha value is -2.24. The molecule has 1 amide bonds. The number of aromatic nitrogens is 1. The van der Waals surface area contributed by atoms with E-state index in [2.05, 4.69) is 33.4 Å². The number of nitrogens with one attached hydrogen (secondary N) is 1. The molecule has 0 aliphatic carbocycles. The number of rotatable bonds is 7. The van der Waals surface area contributed by atoms with Crippen LogP contribution in [-0.4, -0.2) is 48.6 Å². The minimum absolute atomic E-state index is 0.0587. The van der Waals surface area contributed by atoms with Gasteiger partial charge in [-0.15, -0.1) is 0 Å². The molecule has 5 heteroatoms. The van der Waals surface area contributed by atoms with Crippen molar-refractivity contribution in [1.29, 1.82) is 0 Å². The molecule has 1 N–H and O–H groups in total. The van der Waals surface area contributed by atoms with Crippen LogP contribution >= 0.6 is 0 Å². The third-order valence-electron chi connectivity index (χ3n) is 4.86. The van der Waals surface area contributed by atoms with E-state index in [4.69, 9.17) is 4.74 Å². The van der Waals surface area contributed by atoms with Crippen LogP contribution in [0.2, 0.25) is 0 Å². The maximum atomic E-state index is 12.6. The van der Waals surface area contributed by atoms with Gasteiger partial charge in [-0.1, -0.05) is 43.3 Å². The van der Waals surface area contributed by atoms with Gasteiger partial charge in [0.05, 0.1) is 19.3 Å². The number of hydrogen-bond donors (Lipinski definition) is 1. The predicted molar refractivity (Wildman–Crippen MR) is 102 cm³/mol. The fraction of sp³-hybridized carbons (Fsp3) is 0.429. The van der Waals surface area contributed by atoms with Gasteiger partial charge >= 0.3 is 0 Å². The van der Waals surface area contributed by atoms with Crippen molar-refractivity contribution < 1.29 is 9.53 Å². The first-order chi connectivity index (χ1) is 12.7. The lowest BCUT2D eigenvalue weighted by molar-refractivity contribution is -0.124. The van der Waals surface area contributed by atoms with E-state index in [1.165, 1.54) is 5.56 Å². The van der Waals surface area contributed by atoms with Gasteiger partial charge in [-0.05, 0) is 23.6 Å². The van der Waals surface area contributed by atoms with E-state index in [-0.39, 0.29) is 17.9 Å². The van der Waals surface area contributed by atoms with Gasteiger partial charge in [0.2, 0.25) is 5.91 Å². The molecular weight excluding hydrogens is 326 g/mol. The molecule has 0 radical (unpaired) electrons. The molecular formula is C21H27N3O2. The number of hydrogen-bond acceptors (Lipinski definition) is 4. The monoisotopic (exact) mass is 353 g/mol. The highest BCUT2D eigenvalue weighted by Gasteiger charge is 2.24. The molecule has 1 aliphatic heterocycles. The van der Waals surface area contributed by atoms with Gasteiger partial charge in [-0.3, -0.25) is 14.7 Å². The standard InChI is InChI=1S/C21H27N3O2/c1-17(14-18-6-3-2-4-7-18)21(25)23-16-20(19-8-5-9-22-15-19)24-10-12-26-13-11-24/h2-9,15,17,20H,10-14,16H2,1H3,(H,23,25). The van der Waals surface area contributed by atoms with Crippen molar-refractivity contribution in [3.63, 3.8) is 0 Å². The van der Waals surface area contributed by atoms with E-state index in [0.717, 1.165) is 38.3 Å². The maximum absolute atomic E-state index is 12.6. The normalized spacial score (nSPS) is 17.4. The van der Waals surface area contributed by atoms with Crippen LogP contribution in [0.1, 0.15) is 24.1 Å². The molecule has 0 saturated carbocycles. The number of morpholine rings is 1. The summed E-state index contributed by atoms with van der Waals surface area (Å²) in [7, 11) is 0. The van der Waals surface area contributed by atoms with E-state index >= 15 is 0 Å². The molecule has 0 bridgehead atoms. The van der Waals surface area contributed by atoms with E-state index in [9.17, 15) is 4.79 Å². The predicted octanol–water partition coefficient (Wildman–Crippen LogP) is 2.45. The maximum Gasteiger partial charge on any atom is 0.223 e. The highest BCUT2D eigenvalue weighted by molar-refractivity contribution is 5.78. The van der Waals surface area contributed by atoms with Crippen molar-refractivity contribution in [2.24, 2.45) is 5.92 Å². The Morgan fingerprint density at radius 3 is 2.65 bits per heavy atom. The molecule has 1 aromatic heterocycles. The molecule has 1 aromatic carbocycles. The highest BCUT2D eigenvalue weighted by atomic mass is 16.5. The number of amides is 1. The first-order valence-corrected chi connectivity index (χ1v) is 9.27. The van der Waals surface area contributed by atoms with Gasteiger partial charge in [0.1, 0.15) is 0 Å². The molecule has 0 spiro atoms. The minimum Gasteiger partial charge on any atom is -0.379 e. The molecule has 2 aromatic rings. The fourth-order valence-corrected chi connectivity index (χ4v) is 3.35. The van der Waals surface area contributed by atoms with Crippen molar-refractivity contribution >= 4 is 5.91 Å². The number of nitrogens with zero attached hydrogens (tertiary/aromatic N) is 2. The van der Waals surface area contributed by atoms with Gasteiger partial charge in [0, 0.05) is 37.9 Å². The van der Waals surface area contributed by atoms with Gasteiger partial charge in [0.15, 0.2) is 0 Å². The molecule has 26 heavy (non-hydrogen) atoms. The van der Waals surface area contributed by atoms with Crippen LogP contribution < -0.4 is 5.32 Å². The third-order valence-corrected chi connectivity index (χ3v) is 4.86. The third kappa shape index (κ3) is 5.13. The van der Waals surface area contributed by atoms with Crippen LogP contribution in [0.25, 0.3) is 0 Å². The Morgan fingerprint density at radius 2 is 1.96 bits per heavy atom. The summed E-state index contributed by atoms with van der Waals surface area (Å²) >= 11 is 0. The van der Waals surface area contributed by atoms with Crippen LogP contribution in [0.15, 0.2) is 54.9 Å². The SMILES string of the molecule is CC(Cc1ccccc1)C(=O)NCC(c1cccnc1)N1CCOCC1. The van der Waals surface area contributed by atoms with Crippen molar-refractivity contribution in [2.45, 2.75) is 19.4 Å². The van der Waals surface area contributed by atoms with Gasteiger partial charge in [-0.2, -0.15) is 0 Å². The summed E-state index contributed by atoms with van der Waals surface area (Å²) in [5.74, 6) is 0.0349. The lowest BCUT2D eigenvalue weighted by Crippen LogP contribution is -2.44. The van der Waals surface area contributed by atoms with E-state index in [0.29, 0.717) is 6.54 Å². The zero-order valence-electron chi connectivity index (χ0n) is 15.3. The Balaban J connectivity index is 1.60. The average Bonchev–Trinajstić information content (AvgIpc) is 2.70. The Morgan fingerprint density at radius 1 is 1.19 bits per heavy atom. The summed E-state index contributed by atoms with van der Waals surface area (Å²) in [5.41, 5.74) is 2.32. The van der Waals surface area contributed by atoms with Gasteiger partial charge in [0.25, 0.3) is 0 Å². The number of carbonyl (C=O) groups excluding carboxylic acids is 1. The van der Waals surface area contributed by atoms with Crippen LogP contribution in [0, 0.1) is 5.92 Å². The summed E-state index contributed by atoms with van der Waals surface area (Å²) in [6.07, 6.45) is 4.42. The Bertz CT molecular complexity index is 672. The van der Waals surface area contributed by atoms with E-state index < -0.39 is 0 Å². The number of ether oxygens (including phenoxy) is 1. The van der Waals surface area contributed by atoms with Crippen LogP contribution in [0.4, 0.5) is 0 Å². The average molecular weight is 353 g/mol. The number of carbonyl (C=O) groups is 1. The smallest absolute Gasteiger partial charge is 0.223 e. The molecule has 138 valence electrons. The van der Waals surface area contributed by atoms with Crippen LogP contribution in [0.5, 0.6) is 0 Å². The summed E-state index contributed by atoms with van der Waals surface area (Å²) in [6, 6.07) is 14.3. The summed E-state index contributed by atoms with van der Waals surface area (Å²) in [5, 5.41) is 3.15. The molecule has 2 atom stereocenters. The first-order valence-electron chi connectivity index (χ1n) is 9.27. The molecule has 1 saturated heterocycles. The van der Waals surface area contributed by atoms with E-state index in [1.807, 2.05) is 37.4 Å². The van der Waals surface area contributed by atoms with E-state index in [1.54, 1.807) is 6.20 Å². The second-order valence-electron chi connectivity index (χ2n) is 6.79. The van der Waals surface area contributed by atoms with Gasteiger partial charge < -0.3 is 10.1 Å². The van der Waals surface area contributed by atoms with Crippen molar-refractivity contribution in [3.05, 3.63) is 66.0 Å². The Kier molecular flexibility index (Phi) is 6.75. The fourth-order valence-electron chi connectivity index (χ4n) is 3.35. The van der Waals surface area contributed by atoms with Gasteiger partial charge in [-0.25, -0.2) is 0 Å². The minimum atomic E-state index is -0.0587. The zero-order valence-corrected chi connectivity index (χ0v) is 15.3. The largest absolute Gasteiger partial charge is 0.379 e. The molecule has 1 aliphatic rings. The number of pyridine rings is 1. The summed E-state index contributed by atoms with van der Waals surface area (Å²) in [4.78, 5) is 19.2. The van der Waals surface area contributed by atoms with Crippen LogP contribution in [-0.2, 0) is 16.0 Å². The molecule has 2 unspecified atom stereocenters. The quantitative estimate of drug-likeness (QED) is 0.831. The lowest BCUT2D eigenvalue weighted by Gasteiger charge is -2.34. The summed E-state index contributed by atoms with van der Waals surface area (Å²) in [6.45, 7) is 5.77. The topological polar surface area (TPSA) is 54.5 Å². The van der Waals surface area contributed by atoms with Crippen molar-refractivity contribution in [3.8, 4) is 0 Å². The number of benzene rings is 1. The second kappa shape index (κ2) is 9.46. The highest BCUT2D eigenvalue weighted by Crippen LogP contribution is 2.20. The zero-order chi connectivity index (χ0) is 18.2.